The first-order chi connectivity index (χ1) is 15.8. The molecule has 0 bridgehead atoms. The smallest absolute Gasteiger partial charge is 0.243 e. The minimum absolute atomic E-state index is 0.119. The van der Waals surface area contributed by atoms with Crippen LogP contribution in [-0.4, -0.2) is 49.8 Å². The highest BCUT2D eigenvalue weighted by Gasteiger charge is 2.33. The van der Waals surface area contributed by atoms with Crippen LogP contribution in [0.5, 0.6) is 0 Å². The summed E-state index contributed by atoms with van der Waals surface area (Å²) in [6.45, 7) is 3.51. The zero-order chi connectivity index (χ0) is 23.4. The van der Waals surface area contributed by atoms with Crippen LogP contribution in [-0.2, 0) is 14.8 Å². The quantitative estimate of drug-likeness (QED) is 0.495. The number of anilines is 1. The van der Waals surface area contributed by atoms with E-state index in [0.29, 0.717) is 37.5 Å². The third-order valence-electron chi connectivity index (χ3n) is 5.86. The van der Waals surface area contributed by atoms with Gasteiger partial charge in [-0.2, -0.15) is 4.31 Å². The molecule has 1 saturated heterocycles. The molecule has 1 aliphatic heterocycles. The van der Waals surface area contributed by atoms with Crippen molar-refractivity contribution in [2.75, 3.05) is 31.5 Å². The molecule has 0 aliphatic carbocycles. The van der Waals surface area contributed by atoms with Crippen molar-refractivity contribution in [3.05, 3.63) is 65.3 Å². The van der Waals surface area contributed by atoms with Gasteiger partial charge >= 0.3 is 0 Å². The Bertz CT molecular complexity index is 1250. The van der Waals surface area contributed by atoms with Gasteiger partial charge in [0.25, 0.3) is 0 Å². The van der Waals surface area contributed by atoms with E-state index in [1.165, 1.54) is 4.31 Å². The zero-order valence-electron chi connectivity index (χ0n) is 18.4. The largest absolute Gasteiger partial charge is 0.383 e. The zero-order valence-corrected chi connectivity index (χ0v) is 20.0. The van der Waals surface area contributed by atoms with E-state index in [1.807, 2.05) is 31.2 Å². The number of hydrogen-bond donors (Lipinski definition) is 2. The van der Waals surface area contributed by atoms with E-state index in [2.05, 4.69) is 15.6 Å². The molecule has 0 radical (unpaired) electrons. The molecular weight excluding hydrogens is 460 g/mol. The number of piperidine rings is 1. The molecule has 2 heterocycles. The van der Waals surface area contributed by atoms with E-state index in [0.717, 1.165) is 22.2 Å². The predicted molar refractivity (Wildman–Crippen MR) is 131 cm³/mol. The fourth-order valence-electron chi connectivity index (χ4n) is 4.04. The van der Waals surface area contributed by atoms with Gasteiger partial charge in [-0.1, -0.05) is 29.3 Å². The molecule has 33 heavy (non-hydrogen) atoms. The van der Waals surface area contributed by atoms with E-state index in [4.69, 9.17) is 11.6 Å². The van der Waals surface area contributed by atoms with E-state index in [1.54, 1.807) is 30.5 Å². The van der Waals surface area contributed by atoms with Crippen molar-refractivity contribution in [3.8, 4) is 0 Å². The lowest BCUT2D eigenvalue weighted by molar-refractivity contribution is -0.125. The maximum Gasteiger partial charge on any atom is 0.243 e. The molecule has 1 fully saturated rings. The van der Waals surface area contributed by atoms with E-state index in [-0.39, 0.29) is 23.3 Å². The van der Waals surface area contributed by atoms with Gasteiger partial charge in [-0.3, -0.25) is 9.78 Å². The fraction of sp³-hybridized carbons (Fsp3) is 0.333. The van der Waals surface area contributed by atoms with E-state index in [9.17, 15) is 13.2 Å². The lowest BCUT2D eigenvalue weighted by atomic mass is 9.99. The number of benzene rings is 2. The summed E-state index contributed by atoms with van der Waals surface area (Å²) < 4.78 is 27.4. The summed E-state index contributed by atoms with van der Waals surface area (Å²) in [4.78, 5) is 17.3. The van der Waals surface area contributed by atoms with Gasteiger partial charge in [0.2, 0.25) is 15.9 Å². The third-order valence-corrected chi connectivity index (χ3v) is 7.97. The molecule has 3 aromatic rings. The number of aromatic nitrogens is 1. The van der Waals surface area contributed by atoms with Gasteiger partial charge in [0.05, 0.1) is 16.3 Å². The maximum atomic E-state index is 13.0. The van der Waals surface area contributed by atoms with Crippen molar-refractivity contribution in [2.24, 2.45) is 5.92 Å². The second-order valence-electron chi connectivity index (χ2n) is 8.25. The molecule has 174 valence electrons. The Balaban J connectivity index is 1.31. The predicted octanol–water partition coefficient (Wildman–Crippen LogP) is 3.83. The number of halogens is 1. The van der Waals surface area contributed by atoms with Crippen LogP contribution in [0.2, 0.25) is 5.02 Å². The minimum Gasteiger partial charge on any atom is -0.383 e. The number of aryl methyl sites for hydroxylation is 1. The molecule has 0 saturated carbocycles. The van der Waals surface area contributed by atoms with Gasteiger partial charge in [0.1, 0.15) is 0 Å². The monoisotopic (exact) mass is 486 g/mol. The van der Waals surface area contributed by atoms with Crippen molar-refractivity contribution in [2.45, 2.75) is 24.7 Å². The topological polar surface area (TPSA) is 91.4 Å². The van der Waals surface area contributed by atoms with Crippen LogP contribution in [0.25, 0.3) is 10.9 Å². The van der Waals surface area contributed by atoms with Crippen molar-refractivity contribution < 1.29 is 13.2 Å². The number of nitrogens with one attached hydrogen (secondary N) is 2. The number of rotatable bonds is 7. The Kier molecular flexibility index (Phi) is 7.17. The average Bonchev–Trinajstić information content (AvgIpc) is 2.82. The SMILES string of the molecule is Cc1ccc(S(=O)(=O)N2CCC[C@@H](C(=O)NCCNc3ccnc4cc(Cl)ccc34)C2)cc1. The van der Waals surface area contributed by atoms with Crippen LogP contribution in [0.3, 0.4) is 0 Å². The molecule has 0 spiro atoms. The number of amides is 1. The molecule has 7 nitrogen and oxygen atoms in total. The van der Waals surface area contributed by atoms with Crippen molar-refractivity contribution in [3.63, 3.8) is 0 Å². The van der Waals surface area contributed by atoms with Crippen LogP contribution < -0.4 is 10.6 Å². The van der Waals surface area contributed by atoms with E-state index >= 15 is 0 Å². The number of nitrogens with zero attached hydrogens (tertiary/aromatic N) is 2. The van der Waals surface area contributed by atoms with Gasteiger partial charge in [-0.15, -0.1) is 0 Å². The van der Waals surface area contributed by atoms with Gasteiger partial charge < -0.3 is 10.6 Å². The number of hydrogen-bond acceptors (Lipinski definition) is 5. The Morgan fingerprint density at radius 1 is 1.15 bits per heavy atom. The molecule has 2 aromatic carbocycles. The molecule has 4 rings (SSSR count). The molecule has 1 aliphatic rings. The summed E-state index contributed by atoms with van der Waals surface area (Å²) in [5, 5.41) is 7.85. The van der Waals surface area contributed by atoms with Crippen LogP contribution >= 0.6 is 11.6 Å². The highest BCUT2D eigenvalue weighted by atomic mass is 35.5. The molecule has 1 aromatic heterocycles. The first-order valence-corrected chi connectivity index (χ1v) is 12.8. The first kappa shape index (κ1) is 23.5. The summed E-state index contributed by atoms with van der Waals surface area (Å²) in [6, 6.07) is 14.2. The van der Waals surface area contributed by atoms with Crippen LogP contribution in [0.1, 0.15) is 18.4 Å². The lowest BCUT2D eigenvalue weighted by Gasteiger charge is -2.31. The standard InChI is InChI=1S/C24H27ClN4O3S/c1-17-4-7-20(8-5-17)33(31,32)29-14-2-3-18(16-29)24(30)28-13-12-27-22-10-11-26-23-15-19(25)6-9-21(22)23/h4-11,15,18H,2-3,12-14,16H2,1H3,(H,26,27)(H,28,30)/t18-/m1/s1. The summed E-state index contributed by atoms with van der Waals surface area (Å²) in [6.07, 6.45) is 3.05. The highest BCUT2D eigenvalue weighted by Crippen LogP contribution is 2.25. The molecular formula is C24H27ClN4O3S. The summed E-state index contributed by atoms with van der Waals surface area (Å²) in [5.74, 6) is -0.477. The maximum absolute atomic E-state index is 13.0. The van der Waals surface area contributed by atoms with Crippen molar-refractivity contribution in [1.82, 2.24) is 14.6 Å². The Hall–Kier alpha value is -2.68. The van der Waals surface area contributed by atoms with Crippen molar-refractivity contribution >= 4 is 44.1 Å². The average molecular weight is 487 g/mol. The molecule has 9 heteroatoms. The van der Waals surface area contributed by atoms with E-state index < -0.39 is 10.0 Å². The minimum atomic E-state index is -3.60. The highest BCUT2D eigenvalue weighted by molar-refractivity contribution is 7.89. The van der Waals surface area contributed by atoms with Crippen LogP contribution in [0.4, 0.5) is 5.69 Å². The number of pyridine rings is 1. The van der Waals surface area contributed by atoms with Gasteiger partial charge in [-0.25, -0.2) is 8.42 Å². The summed E-state index contributed by atoms with van der Waals surface area (Å²) >= 11 is 6.04. The molecule has 1 amide bonds. The van der Waals surface area contributed by atoms with Crippen LogP contribution in [0.15, 0.2) is 59.6 Å². The fourth-order valence-corrected chi connectivity index (χ4v) is 5.73. The van der Waals surface area contributed by atoms with Gasteiger partial charge in [0.15, 0.2) is 0 Å². The second-order valence-corrected chi connectivity index (χ2v) is 10.6. The van der Waals surface area contributed by atoms with Crippen LogP contribution in [0, 0.1) is 12.8 Å². The number of fused-ring (bicyclic) bond motifs is 1. The third kappa shape index (κ3) is 5.46. The lowest BCUT2D eigenvalue weighted by Crippen LogP contribution is -2.46. The molecule has 1 atom stereocenters. The molecule has 2 N–H and O–H groups in total. The first-order valence-electron chi connectivity index (χ1n) is 11.0. The number of carbonyl (C=O) groups is 1. The van der Waals surface area contributed by atoms with Gasteiger partial charge in [0, 0.05) is 48.5 Å². The van der Waals surface area contributed by atoms with Crippen molar-refractivity contribution in [1.29, 1.82) is 0 Å². The normalized spacial score (nSPS) is 17.1. The Morgan fingerprint density at radius 3 is 2.73 bits per heavy atom. The Morgan fingerprint density at radius 2 is 1.94 bits per heavy atom. The van der Waals surface area contributed by atoms with Gasteiger partial charge in [-0.05, 0) is 56.2 Å². The Labute approximate surface area is 199 Å². The molecule has 0 unspecified atom stereocenters. The second kappa shape index (κ2) is 10.1. The number of carbonyl (C=O) groups excluding carboxylic acids is 1. The summed E-state index contributed by atoms with van der Waals surface area (Å²) in [5.41, 5.74) is 2.72. The summed E-state index contributed by atoms with van der Waals surface area (Å²) in [7, 11) is -3.60. The number of sulfonamides is 1.